The Morgan fingerprint density at radius 1 is 1.16 bits per heavy atom. The maximum atomic E-state index is 5.94. The fourth-order valence-corrected chi connectivity index (χ4v) is 2.41. The van der Waals surface area contributed by atoms with Crippen molar-refractivity contribution in [1.82, 2.24) is 4.98 Å². The summed E-state index contributed by atoms with van der Waals surface area (Å²) < 4.78 is 0. The third-order valence-corrected chi connectivity index (χ3v) is 3.49. The molecule has 1 atom stereocenters. The van der Waals surface area contributed by atoms with Crippen molar-refractivity contribution < 1.29 is 0 Å². The highest BCUT2D eigenvalue weighted by Crippen LogP contribution is 2.20. The van der Waals surface area contributed by atoms with Gasteiger partial charge in [-0.15, -0.1) is 9.24 Å². The summed E-state index contributed by atoms with van der Waals surface area (Å²) in [5.74, 6) is 0. The molecule has 0 aliphatic heterocycles. The van der Waals surface area contributed by atoms with Gasteiger partial charge in [0.1, 0.15) is 0 Å². The van der Waals surface area contributed by atoms with Gasteiger partial charge in [-0.2, -0.15) is 0 Å². The second-order valence-electron chi connectivity index (χ2n) is 4.29. The Bertz CT molecular complexity index is 762. The number of aliphatic imine (C=N–C) groups is 1. The predicted octanol–water partition coefficient (Wildman–Crippen LogP) is 4.07. The Kier molecular flexibility index (Phi) is 3.37. The molecule has 1 N–H and O–H groups in total. The smallest absolute Gasteiger partial charge is 0.0644 e. The quantitative estimate of drug-likeness (QED) is 0.543. The van der Waals surface area contributed by atoms with Gasteiger partial charge in [-0.05, 0) is 35.6 Å². The monoisotopic (exact) mass is 286 g/mol. The van der Waals surface area contributed by atoms with Crippen molar-refractivity contribution in [2.45, 2.75) is 0 Å². The Balaban J connectivity index is 1.99. The minimum absolute atomic E-state index is 0.695. The third kappa shape index (κ3) is 2.70. The number of benzene rings is 2. The molecule has 1 heterocycles. The van der Waals surface area contributed by atoms with E-state index >= 15 is 0 Å². The maximum absolute atomic E-state index is 5.94. The highest BCUT2D eigenvalue weighted by atomic mass is 35.5. The predicted molar refractivity (Wildman–Crippen MR) is 86.3 cm³/mol. The van der Waals surface area contributed by atoms with Crippen LogP contribution in [0.2, 0.25) is 5.02 Å². The fraction of sp³-hybridized carbons (Fsp3) is 0. The van der Waals surface area contributed by atoms with Crippen molar-refractivity contribution in [3.8, 4) is 0 Å². The average molecular weight is 287 g/mol. The highest BCUT2D eigenvalue weighted by Gasteiger charge is 2.01. The van der Waals surface area contributed by atoms with Crippen LogP contribution in [0.15, 0.2) is 53.7 Å². The molecule has 0 saturated carbocycles. The zero-order valence-electron chi connectivity index (χ0n) is 10.1. The topological polar surface area (TPSA) is 28.1 Å². The van der Waals surface area contributed by atoms with Gasteiger partial charge in [-0.3, -0.25) is 4.99 Å². The van der Waals surface area contributed by atoms with E-state index in [0.717, 1.165) is 22.1 Å². The summed E-state index contributed by atoms with van der Waals surface area (Å²) in [6.07, 6.45) is 3.82. The molecule has 1 aromatic heterocycles. The Labute approximate surface area is 118 Å². The number of H-pyrrole nitrogens is 1. The van der Waals surface area contributed by atoms with Gasteiger partial charge in [0.15, 0.2) is 0 Å². The van der Waals surface area contributed by atoms with Gasteiger partial charge in [-0.25, -0.2) is 0 Å². The first-order valence-corrected chi connectivity index (χ1v) is 6.84. The molecule has 0 saturated heterocycles. The third-order valence-electron chi connectivity index (χ3n) is 2.90. The first-order chi connectivity index (χ1) is 9.22. The lowest BCUT2D eigenvalue weighted by Crippen LogP contribution is -1.88. The first-order valence-electron chi connectivity index (χ1n) is 5.88. The Morgan fingerprint density at radius 3 is 2.89 bits per heavy atom. The normalized spacial score (nSPS) is 11.5. The molecule has 0 spiro atoms. The minimum Gasteiger partial charge on any atom is -0.361 e. The number of hydrogen-bond acceptors (Lipinski definition) is 1. The van der Waals surface area contributed by atoms with E-state index in [4.69, 9.17) is 11.6 Å². The molecule has 2 aromatic carbocycles. The van der Waals surface area contributed by atoms with Gasteiger partial charge >= 0.3 is 0 Å². The molecular formula is C15H12ClN2P. The van der Waals surface area contributed by atoms with Crippen LogP contribution in [0.1, 0.15) is 5.56 Å². The number of fused-ring (bicyclic) bond motifs is 1. The molecular weight excluding hydrogens is 275 g/mol. The summed E-state index contributed by atoms with van der Waals surface area (Å²) in [7, 11) is 2.71. The number of aromatic nitrogens is 1. The maximum Gasteiger partial charge on any atom is 0.0644 e. The van der Waals surface area contributed by atoms with Gasteiger partial charge in [0.05, 0.1) is 5.69 Å². The second kappa shape index (κ2) is 5.16. The number of nitrogens with zero attached hydrogens (tertiary/aromatic N) is 1. The second-order valence-corrected chi connectivity index (χ2v) is 5.39. The van der Waals surface area contributed by atoms with E-state index < -0.39 is 0 Å². The largest absolute Gasteiger partial charge is 0.361 e. The van der Waals surface area contributed by atoms with Crippen molar-refractivity contribution >= 4 is 49.0 Å². The van der Waals surface area contributed by atoms with Crippen LogP contribution in [-0.2, 0) is 0 Å². The standard InChI is InChI=1S/C15H12ClN2P/c16-11-2-1-3-12(6-11)17-8-10-9-18-15-5-4-13(19)7-14(10)15/h1-9,18H,19H2. The summed E-state index contributed by atoms with van der Waals surface area (Å²) in [5, 5.41) is 3.02. The van der Waals surface area contributed by atoms with Crippen LogP contribution >= 0.6 is 20.8 Å². The van der Waals surface area contributed by atoms with Gasteiger partial charge in [-0.1, -0.05) is 23.7 Å². The van der Waals surface area contributed by atoms with Crippen LogP contribution in [0.5, 0.6) is 0 Å². The van der Waals surface area contributed by atoms with Gasteiger partial charge in [0.25, 0.3) is 0 Å². The zero-order chi connectivity index (χ0) is 13.2. The molecule has 3 rings (SSSR count). The summed E-state index contributed by atoms with van der Waals surface area (Å²) in [4.78, 5) is 7.69. The Hall–Kier alpha value is -1.63. The lowest BCUT2D eigenvalue weighted by atomic mass is 10.2. The fourth-order valence-electron chi connectivity index (χ4n) is 1.97. The van der Waals surface area contributed by atoms with Crippen molar-refractivity contribution in [3.63, 3.8) is 0 Å². The minimum atomic E-state index is 0.695. The summed E-state index contributed by atoms with van der Waals surface area (Å²) in [6, 6.07) is 13.7. The number of rotatable bonds is 2. The molecule has 0 aliphatic carbocycles. The molecule has 4 heteroatoms. The van der Waals surface area contributed by atoms with Crippen LogP contribution in [0, 0.1) is 0 Å². The van der Waals surface area contributed by atoms with Gasteiger partial charge < -0.3 is 4.98 Å². The molecule has 0 radical (unpaired) electrons. The number of aromatic amines is 1. The Morgan fingerprint density at radius 2 is 2.05 bits per heavy atom. The SMILES string of the molecule is Pc1ccc2[nH]cc(C=Nc3cccc(Cl)c3)c2c1. The molecule has 0 amide bonds. The molecule has 2 nitrogen and oxygen atoms in total. The van der Waals surface area contributed by atoms with Crippen LogP contribution in [0.25, 0.3) is 10.9 Å². The van der Waals surface area contributed by atoms with E-state index in [1.165, 1.54) is 5.39 Å². The summed E-state index contributed by atoms with van der Waals surface area (Å²) >= 11 is 5.94. The van der Waals surface area contributed by atoms with Crippen LogP contribution in [0.4, 0.5) is 5.69 Å². The van der Waals surface area contributed by atoms with Crippen molar-refractivity contribution in [2.75, 3.05) is 0 Å². The van der Waals surface area contributed by atoms with E-state index in [2.05, 4.69) is 37.4 Å². The van der Waals surface area contributed by atoms with E-state index in [9.17, 15) is 0 Å². The van der Waals surface area contributed by atoms with Crippen LogP contribution < -0.4 is 5.30 Å². The lowest BCUT2D eigenvalue weighted by Gasteiger charge is -1.96. The molecule has 19 heavy (non-hydrogen) atoms. The summed E-state index contributed by atoms with van der Waals surface area (Å²) in [5.41, 5.74) is 3.03. The van der Waals surface area contributed by atoms with E-state index in [0.29, 0.717) is 5.02 Å². The molecule has 1 unspecified atom stereocenters. The van der Waals surface area contributed by atoms with E-state index in [-0.39, 0.29) is 0 Å². The highest BCUT2D eigenvalue weighted by molar-refractivity contribution is 7.27. The average Bonchev–Trinajstić information content (AvgIpc) is 2.79. The van der Waals surface area contributed by atoms with E-state index in [1.54, 1.807) is 0 Å². The molecule has 3 aromatic rings. The van der Waals surface area contributed by atoms with Crippen LogP contribution in [0.3, 0.4) is 0 Å². The molecule has 0 fully saturated rings. The lowest BCUT2D eigenvalue weighted by molar-refractivity contribution is 1.47. The van der Waals surface area contributed by atoms with Crippen molar-refractivity contribution in [3.05, 3.63) is 59.2 Å². The number of nitrogens with one attached hydrogen (secondary N) is 1. The summed E-state index contributed by atoms with van der Waals surface area (Å²) in [6.45, 7) is 0. The van der Waals surface area contributed by atoms with Crippen LogP contribution in [-0.4, -0.2) is 11.2 Å². The molecule has 94 valence electrons. The molecule has 0 bridgehead atoms. The van der Waals surface area contributed by atoms with Gasteiger partial charge in [0, 0.05) is 33.9 Å². The van der Waals surface area contributed by atoms with Crippen molar-refractivity contribution in [1.29, 1.82) is 0 Å². The zero-order valence-corrected chi connectivity index (χ0v) is 12.0. The first kappa shape index (κ1) is 12.4. The number of hydrogen-bond donors (Lipinski definition) is 1. The number of halogens is 1. The van der Waals surface area contributed by atoms with E-state index in [1.807, 2.05) is 36.7 Å². The van der Waals surface area contributed by atoms with Gasteiger partial charge in [0.2, 0.25) is 0 Å². The van der Waals surface area contributed by atoms with Crippen molar-refractivity contribution in [2.24, 2.45) is 4.99 Å². The molecule has 0 aliphatic rings.